The second-order valence-corrected chi connectivity index (χ2v) is 11.6. The number of benzene rings is 3. The van der Waals surface area contributed by atoms with Crippen LogP contribution in [0.4, 0.5) is 5.69 Å². The number of para-hydroxylation sites is 1. The first-order valence-electron chi connectivity index (χ1n) is 12.3. The predicted molar refractivity (Wildman–Crippen MR) is 162 cm³/mol. The number of sulfonamides is 1. The van der Waals surface area contributed by atoms with Crippen LogP contribution in [0, 0.1) is 13.8 Å². The molecule has 12 heteroatoms. The number of hydrogen-bond donors (Lipinski definition) is 1. The number of rotatable bonds is 10. The summed E-state index contributed by atoms with van der Waals surface area (Å²) in [6, 6.07) is 19.7. The van der Waals surface area contributed by atoms with Crippen molar-refractivity contribution in [3.8, 4) is 17.2 Å². The molecule has 0 aliphatic carbocycles. The molecule has 0 unspecified atom stereocenters. The molecule has 4 aromatic rings. The Hall–Kier alpha value is -3.99. The van der Waals surface area contributed by atoms with Crippen LogP contribution in [0.15, 0.2) is 82.8 Å². The standard InChI is InChI=1S/C29H28Cl2N4O5S/c1-19-14-21(20(2)35(19)26-15-22(30)10-12-25(26)31)17-32-33-29(36)18-34(23-8-6-5-7-9-23)41(37,38)24-11-13-27(39-3)28(16-24)40-4/h5-17H,18H2,1-4H3,(H,33,36)/b32-17-. The minimum Gasteiger partial charge on any atom is -0.493 e. The topological polar surface area (TPSA) is 102 Å². The highest BCUT2D eigenvalue weighted by Crippen LogP contribution is 2.32. The van der Waals surface area contributed by atoms with E-state index in [4.69, 9.17) is 32.7 Å². The fourth-order valence-corrected chi connectivity index (χ4v) is 6.10. The van der Waals surface area contributed by atoms with Gasteiger partial charge in [-0.2, -0.15) is 5.10 Å². The van der Waals surface area contributed by atoms with Crippen molar-refractivity contribution >= 4 is 51.0 Å². The van der Waals surface area contributed by atoms with Gasteiger partial charge in [0.05, 0.1) is 41.7 Å². The average molecular weight is 616 g/mol. The number of carbonyl (C=O) groups excluding carboxylic acids is 1. The molecule has 4 rings (SSSR count). The summed E-state index contributed by atoms with van der Waals surface area (Å²) in [6.45, 7) is 3.28. The number of anilines is 1. The normalized spacial score (nSPS) is 11.5. The van der Waals surface area contributed by atoms with Crippen LogP contribution in [-0.2, 0) is 14.8 Å². The summed E-state index contributed by atoms with van der Waals surface area (Å²) < 4.78 is 40.8. The molecule has 0 aliphatic heterocycles. The molecule has 0 bridgehead atoms. The van der Waals surface area contributed by atoms with E-state index >= 15 is 0 Å². The van der Waals surface area contributed by atoms with Gasteiger partial charge in [-0.1, -0.05) is 41.4 Å². The molecule has 1 heterocycles. The fraction of sp³-hybridized carbons (Fsp3) is 0.172. The second kappa shape index (κ2) is 12.7. The van der Waals surface area contributed by atoms with Gasteiger partial charge < -0.3 is 14.0 Å². The highest BCUT2D eigenvalue weighted by atomic mass is 35.5. The molecule has 0 spiro atoms. The number of amides is 1. The minimum absolute atomic E-state index is 0.0672. The number of hydrazone groups is 1. The van der Waals surface area contributed by atoms with Crippen LogP contribution in [0.5, 0.6) is 11.5 Å². The maximum Gasteiger partial charge on any atom is 0.264 e. The number of nitrogens with zero attached hydrogens (tertiary/aromatic N) is 3. The summed E-state index contributed by atoms with van der Waals surface area (Å²) in [5, 5.41) is 5.17. The molecule has 1 aromatic heterocycles. The minimum atomic E-state index is -4.17. The van der Waals surface area contributed by atoms with Crippen molar-refractivity contribution in [3.05, 3.63) is 99.8 Å². The Kier molecular flexibility index (Phi) is 9.27. The number of ether oxygens (including phenoxy) is 2. The molecule has 0 saturated carbocycles. The molecule has 41 heavy (non-hydrogen) atoms. The maximum absolute atomic E-state index is 13.7. The third kappa shape index (κ3) is 6.51. The number of nitrogens with one attached hydrogen (secondary N) is 1. The van der Waals surface area contributed by atoms with E-state index in [9.17, 15) is 13.2 Å². The smallest absolute Gasteiger partial charge is 0.264 e. The van der Waals surface area contributed by atoms with Gasteiger partial charge in [0.2, 0.25) is 0 Å². The molecule has 0 atom stereocenters. The number of aromatic nitrogens is 1. The molecule has 214 valence electrons. The van der Waals surface area contributed by atoms with Crippen LogP contribution in [0.3, 0.4) is 0 Å². The zero-order valence-corrected chi connectivity index (χ0v) is 25.1. The van der Waals surface area contributed by atoms with Gasteiger partial charge in [0.1, 0.15) is 6.54 Å². The summed E-state index contributed by atoms with van der Waals surface area (Å²) in [4.78, 5) is 12.9. The zero-order chi connectivity index (χ0) is 29.7. The Morgan fingerprint density at radius 2 is 1.68 bits per heavy atom. The third-order valence-corrected chi connectivity index (χ3v) is 8.61. The number of aryl methyl sites for hydroxylation is 1. The Morgan fingerprint density at radius 3 is 2.37 bits per heavy atom. The molecule has 1 amide bonds. The monoisotopic (exact) mass is 614 g/mol. The van der Waals surface area contributed by atoms with Crippen LogP contribution < -0.4 is 19.2 Å². The number of hydrogen-bond acceptors (Lipinski definition) is 6. The van der Waals surface area contributed by atoms with Crippen molar-refractivity contribution in [2.45, 2.75) is 18.7 Å². The molecule has 0 fully saturated rings. The van der Waals surface area contributed by atoms with E-state index in [1.54, 1.807) is 48.5 Å². The first-order chi connectivity index (χ1) is 19.6. The van der Waals surface area contributed by atoms with Crippen molar-refractivity contribution in [1.82, 2.24) is 9.99 Å². The SMILES string of the molecule is COc1ccc(S(=O)(=O)N(CC(=O)N/N=C\c2cc(C)n(-c3cc(Cl)ccc3Cl)c2C)c2ccccc2)cc1OC. The van der Waals surface area contributed by atoms with Crippen molar-refractivity contribution in [2.75, 3.05) is 25.1 Å². The fourth-order valence-electron chi connectivity index (χ4n) is 4.30. The summed E-state index contributed by atoms with van der Waals surface area (Å²) in [5.74, 6) is -0.0186. The average Bonchev–Trinajstić information content (AvgIpc) is 3.25. The Morgan fingerprint density at radius 1 is 0.976 bits per heavy atom. The molecule has 0 saturated heterocycles. The molecule has 0 aliphatic rings. The predicted octanol–water partition coefficient (Wildman–Crippen LogP) is 5.76. The molecule has 3 aromatic carbocycles. The summed E-state index contributed by atoms with van der Waals surface area (Å²) in [7, 11) is -1.30. The molecular formula is C29H28Cl2N4O5S. The van der Waals surface area contributed by atoms with E-state index in [0.29, 0.717) is 21.5 Å². The quantitative estimate of drug-likeness (QED) is 0.181. The summed E-state index contributed by atoms with van der Waals surface area (Å²) in [5.41, 5.74) is 5.91. The molecule has 9 nitrogen and oxygen atoms in total. The molecule has 1 N–H and O–H groups in total. The van der Waals surface area contributed by atoms with E-state index in [2.05, 4.69) is 10.5 Å². The largest absolute Gasteiger partial charge is 0.493 e. The van der Waals surface area contributed by atoms with Crippen molar-refractivity contribution in [2.24, 2.45) is 5.10 Å². The van der Waals surface area contributed by atoms with Crippen LogP contribution in [0.25, 0.3) is 5.69 Å². The lowest BCUT2D eigenvalue weighted by Crippen LogP contribution is -2.39. The van der Waals surface area contributed by atoms with Crippen molar-refractivity contribution in [1.29, 1.82) is 0 Å². The van der Waals surface area contributed by atoms with E-state index in [-0.39, 0.29) is 10.6 Å². The van der Waals surface area contributed by atoms with Crippen LogP contribution in [-0.4, -0.2) is 45.9 Å². The summed E-state index contributed by atoms with van der Waals surface area (Å²) >= 11 is 12.6. The van der Waals surface area contributed by atoms with Crippen LogP contribution in [0.1, 0.15) is 17.0 Å². The molecular weight excluding hydrogens is 587 g/mol. The highest BCUT2D eigenvalue weighted by molar-refractivity contribution is 7.92. The van der Waals surface area contributed by atoms with E-state index in [1.807, 2.05) is 24.5 Å². The highest BCUT2D eigenvalue weighted by Gasteiger charge is 2.28. The van der Waals surface area contributed by atoms with E-state index < -0.39 is 22.5 Å². The Labute approximate surface area is 249 Å². The van der Waals surface area contributed by atoms with Gasteiger partial charge in [0.25, 0.3) is 15.9 Å². The van der Waals surface area contributed by atoms with Gasteiger partial charge in [-0.25, -0.2) is 13.8 Å². The van der Waals surface area contributed by atoms with Crippen LogP contribution in [0.2, 0.25) is 10.0 Å². The van der Waals surface area contributed by atoms with Gasteiger partial charge in [0, 0.05) is 28.0 Å². The molecule has 0 radical (unpaired) electrons. The number of carbonyl (C=O) groups is 1. The lowest BCUT2D eigenvalue weighted by molar-refractivity contribution is -0.119. The zero-order valence-electron chi connectivity index (χ0n) is 22.8. The van der Waals surface area contributed by atoms with Gasteiger partial charge in [-0.3, -0.25) is 9.10 Å². The number of methoxy groups -OCH3 is 2. The lowest BCUT2D eigenvalue weighted by atomic mass is 10.2. The van der Waals surface area contributed by atoms with Gasteiger partial charge in [0.15, 0.2) is 11.5 Å². The van der Waals surface area contributed by atoms with Crippen molar-refractivity contribution < 1.29 is 22.7 Å². The lowest BCUT2D eigenvalue weighted by Gasteiger charge is -2.24. The van der Waals surface area contributed by atoms with Crippen LogP contribution >= 0.6 is 23.2 Å². The Bertz CT molecular complexity index is 1710. The third-order valence-electron chi connectivity index (χ3n) is 6.29. The van der Waals surface area contributed by atoms with Gasteiger partial charge in [-0.15, -0.1) is 0 Å². The number of halogens is 2. The van der Waals surface area contributed by atoms with Gasteiger partial charge in [-0.05, 0) is 62.4 Å². The first kappa shape index (κ1) is 30.0. The van der Waals surface area contributed by atoms with Crippen molar-refractivity contribution in [3.63, 3.8) is 0 Å². The first-order valence-corrected chi connectivity index (χ1v) is 14.5. The Balaban J connectivity index is 1.57. The summed E-state index contributed by atoms with van der Waals surface area (Å²) in [6.07, 6.45) is 1.49. The second-order valence-electron chi connectivity index (χ2n) is 8.91. The van der Waals surface area contributed by atoms with E-state index in [1.165, 1.54) is 38.6 Å². The van der Waals surface area contributed by atoms with E-state index in [0.717, 1.165) is 26.9 Å². The van der Waals surface area contributed by atoms with Gasteiger partial charge >= 0.3 is 0 Å². The maximum atomic E-state index is 13.7.